The van der Waals surface area contributed by atoms with Crippen LogP contribution in [0.4, 0.5) is 0 Å². The lowest BCUT2D eigenvalue weighted by molar-refractivity contribution is -0.115. The molecule has 3 N–H and O–H groups in total. The van der Waals surface area contributed by atoms with Gasteiger partial charge in [-0.1, -0.05) is 30.4 Å². The van der Waals surface area contributed by atoms with Crippen molar-refractivity contribution in [2.75, 3.05) is 7.05 Å². The van der Waals surface area contributed by atoms with E-state index in [-0.39, 0.29) is 5.91 Å². The third-order valence-corrected chi connectivity index (χ3v) is 4.75. The van der Waals surface area contributed by atoms with Crippen molar-refractivity contribution in [1.29, 1.82) is 0 Å². The third-order valence-electron chi connectivity index (χ3n) is 4.75. The normalized spacial score (nSPS) is 14.7. The van der Waals surface area contributed by atoms with Gasteiger partial charge in [0.25, 0.3) is 0 Å². The number of H-pyrrole nitrogens is 1. The smallest absolute Gasteiger partial charge is 0.248 e. The van der Waals surface area contributed by atoms with Crippen LogP contribution in [0, 0.1) is 0 Å². The van der Waals surface area contributed by atoms with Crippen LogP contribution in [0.3, 0.4) is 0 Å². The van der Waals surface area contributed by atoms with Crippen molar-refractivity contribution < 1.29 is 4.79 Å². The minimum Gasteiger partial charge on any atom is -0.388 e. The Kier molecular flexibility index (Phi) is 7.10. The van der Waals surface area contributed by atoms with Crippen LogP contribution in [0.15, 0.2) is 60.0 Å². The second kappa shape index (κ2) is 10.2. The summed E-state index contributed by atoms with van der Waals surface area (Å²) in [5.74, 6) is 0.177. The maximum Gasteiger partial charge on any atom is 0.248 e. The number of hydrogen-bond donors (Lipinski definition) is 3. The minimum atomic E-state index is -0.242. The monoisotopic (exact) mass is 402 g/mol. The van der Waals surface area contributed by atoms with E-state index < -0.39 is 0 Å². The van der Waals surface area contributed by atoms with E-state index in [9.17, 15) is 4.79 Å². The highest BCUT2D eigenvalue weighted by Gasteiger charge is 2.10. The summed E-state index contributed by atoms with van der Waals surface area (Å²) in [5.41, 5.74) is 5.65. The maximum absolute atomic E-state index is 12.6. The molecule has 0 fully saturated rings. The first-order valence-electron chi connectivity index (χ1n) is 9.86. The number of nitrogens with zero attached hydrogens (tertiary/aromatic N) is 3. The molecule has 1 amide bonds. The molecule has 0 radical (unpaired) electrons. The lowest BCUT2D eigenvalue weighted by atomic mass is 9.95. The predicted octanol–water partition coefficient (Wildman–Crippen LogP) is 3.40. The Balaban J connectivity index is 1.82. The standard InChI is InChI=1S/C23H26N6O/c1-4-7-20(24-3)15-21(16(2)23-26-28-29-27-23)25-22(30)13-11-17-10-12-18-8-5-6-9-19(18)14-17/h4,6-7,9-15,24H,5,8H2,1-3H3,(H,25,30)(H,26,27,28,29)/b7-4-,13-11+,20-15+,21-16-. The zero-order valence-corrected chi connectivity index (χ0v) is 17.4. The van der Waals surface area contributed by atoms with Crippen LogP contribution in [-0.4, -0.2) is 33.6 Å². The van der Waals surface area contributed by atoms with E-state index in [1.165, 1.54) is 17.2 Å². The molecular weight excluding hydrogens is 376 g/mol. The molecule has 1 aromatic carbocycles. The molecule has 7 heteroatoms. The Labute approximate surface area is 176 Å². The summed E-state index contributed by atoms with van der Waals surface area (Å²) in [6.07, 6.45) is 15.5. The highest BCUT2D eigenvalue weighted by molar-refractivity contribution is 5.94. The van der Waals surface area contributed by atoms with Gasteiger partial charge >= 0.3 is 0 Å². The van der Waals surface area contributed by atoms with Crippen LogP contribution in [0.1, 0.15) is 42.8 Å². The fraction of sp³-hybridized carbons (Fsp3) is 0.217. The molecule has 0 unspecified atom stereocenters. The Morgan fingerprint density at radius 3 is 2.87 bits per heavy atom. The first kappa shape index (κ1) is 21.0. The number of allylic oxidation sites excluding steroid dienone is 5. The average Bonchev–Trinajstić information content (AvgIpc) is 3.31. The number of benzene rings is 1. The predicted molar refractivity (Wildman–Crippen MR) is 120 cm³/mol. The van der Waals surface area contributed by atoms with E-state index >= 15 is 0 Å². The van der Waals surface area contributed by atoms with Gasteiger partial charge in [0.15, 0.2) is 0 Å². The van der Waals surface area contributed by atoms with Gasteiger partial charge in [-0.25, -0.2) is 0 Å². The Morgan fingerprint density at radius 2 is 2.13 bits per heavy atom. The number of fused-ring (bicyclic) bond motifs is 1. The first-order valence-corrected chi connectivity index (χ1v) is 9.86. The fourth-order valence-corrected chi connectivity index (χ4v) is 3.11. The van der Waals surface area contributed by atoms with Gasteiger partial charge in [-0.05, 0) is 72.9 Å². The van der Waals surface area contributed by atoms with Gasteiger partial charge < -0.3 is 10.6 Å². The van der Waals surface area contributed by atoms with E-state index in [1.54, 1.807) is 0 Å². The van der Waals surface area contributed by atoms with Crippen molar-refractivity contribution in [1.82, 2.24) is 31.3 Å². The molecule has 0 aliphatic heterocycles. The molecular formula is C23H26N6O. The largest absolute Gasteiger partial charge is 0.388 e. The van der Waals surface area contributed by atoms with Crippen LogP contribution in [0.2, 0.25) is 0 Å². The zero-order valence-electron chi connectivity index (χ0n) is 17.4. The van der Waals surface area contributed by atoms with Crippen LogP contribution in [0.5, 0.6) is 0 Å². The molecule has 1 aliphatic carbocycles. The highest BCUT2D eigenvalue weighted by Crippen LogP contribution is 2.21. The van der Waals surface area contributed by atoms with E-state index in [4.69, 9.17) is 0 Å². The van der Waals surface area contributed by atoms with Gasteiger partial charge in [-0.3, -0.25) is 4.79 Å². The van der Waals surface area contributed by atoms with Crippen LogP contribution < -0.4 is 10.6 Å². The van der Waals surface area contributed by atoms with Crippen LogP contribution >= 0.6 is 0 Å². The molecule has 0 bridgehead atoms. The lowest BCUT2D eigenvalue weighted by Gasteiger charge is -2.11. The van der Waals surface area contributed by atoms with Crippen LogP contribution in [-0.2, 0) is 11.2 Å². The molecule has 2 aromatic rings. The maximum atomic E-state index is 12.6. The quantitative estimate of drug-likeness (QED) is 0.487. The number of carbonyl (C=O) groups excluding carboxylic acids is 1. The molecule has 7 nitrogen and oxygen atoms in total. The Morgan fingerprint density at radius 1 is 1.27 bits per heavy atom. The van der Waals surface area contributed by atoms with Crippen molar-refractivity contribution in [3.63, 3.8) is 0 Å². The van der Waals surface area contributed by atoms with Gasteiger partial charge in [0, 0.05) is 30.1 Å². The van der Waals surface area contributed by atoms with E-state index in [1.807, 2.05) is 51.3 Å². The molecule has 0 saturated heterocycles. The zero-order chi connectivity index (χ0) is 21.3. The molecule has 0 saturated carbocycles. The van der Waals surface area contributed by atoms with E-state index in [0.717, 1.165) is 24.1 Å². The lowest BCUT2D eigenvalue weighted by Crippen LogP contribution is -2.21. The summed E-state index contributed by atoms with van der Waals surface area (Å²) in [4.78, 5) is 12.6. The molecule has 154 valence electrons. The summed E-state index contributed by atoms with van der Waals surface area (Å²) >= 11 is 0. The summed E-state index contributed by atoms with van der Waals surface area (Å²) in [6, 6.07) is 6.26. The summed E-state index contributed by atoms with van der Waals surface area (Å²) in [5, 5.41) is 20.1. The molecule has 3 rings (SSSR count). The van der Waals surface area contributed by atoms with E-state index in [2.05, 4.69) is 55.5 Å². The molecule has 0 spiro atoms. The number of amides is 1. The Hall–Kier alpha value is -3.74. The van der Waals surface area contributed by atoms with Gasteiger partial charge in [0.2, 0.25) is 11.7 Å². The topological polar surface area (TPSA) is 95.6 Å². The van der Waals surface area contributed by atoms with E-state index in [0.29, 0.717) is 17.1 Å². The number of nitrogens with one attached hydrogen (secondary N) is 3. The van der Waals surface area contributed by atoms with Gasteiger partial charge in [0.1, 0.15) is 0 Å². The van der Waals surface area contributed by atoms with Crippen molar-refractivity contribution >= 4 is 23.6 Å². The molecule has 1 aromatic heterocycles. The molecule has 1 aliphatic rings. The fourth-order valence-electron chi connectivity index (χ4n) is 3.11. The second-order valence-corrected chi connectivity index (χ2v) is 6.85. The first-order chi connectivity index (χ1) is 14.6. The van der Waals surface area contributed by atoms with Crippen molar-refractivity contribution in [3.05, 3.63) is 82.5 Å². The third kappa shape index (κ3) is 5.41. The Bertz CT molecular complexity index is 1040. The minimum absolute atomic E-state index is 0.242. The number of rotatable bonds is 7. The molecule has 1 heterocycles. The highest BCUT2D eigenvalue weighted by atomic mass is 16.1. The molecule has 30 heavy (non-hydrogen) atoms. The second-order valence-electron chi connectivity index (χ2n) is 6.85. The van der Waals surface area contributed by atoms with Crippen molar-refractivity contribution in [2.45, 2.75) is 26.7 Å². The van der Waals surface area contributed by atoms with Crippen LogP contribution in [0.25, 0.3) is 17.7 Å². The number of hydrogen-bond acceptors (Lipinski definition) is 5. The summed E-state index contributed by atoms with van der Waals surface area (Å²) in [6.45, 7) is 3.76. The summed E-state index contributed by atoms with van der Waals surface area (Å²) < 4.78 is 0. The number of aromatic nitrogens is 4. The molecule has 0 atom stereocenters. The number of tetrazole rings is 1. The van der Waals surface area contributed by atoms with Gasteiger partial charge in [-0.15, -0.1) is 10.2 Å². The SMILES string of the molecule is C\C=C/C(=C\C(NC(=O)/C=C/c1ccc2c(c1)C=CCC2)=C(/C)c1nn[nH]n1)NC. The summed E-state index contributed by atoms with van der Waals surface area (Å²) in [7, 11) is 1.82. The number of carbonyl (C=O) groups is 1. The van der Waals surface area contributed by atoms with Gasteiger partial charge in [-0.2, -0.15) is 5.21 Å². The number of aryl methyl sites for hydroxylation is 1. The van der Waals surface area contributed by atoms with Gasteiger partial charge in [0.05, 0.1) is 0 Å². The number of aromatic amines is 1. The van der Waals surface area contributed by atoms with Crippen molar-refractivity contribution in [3.8, 4) is 0 Å². The number of likely N-dealkylation sites (N-methyl/N-ethyl adjacent to an activating group) is 1. The van der Waals surface area contributed by atoms with Crippen molar-refractivity contribution in [2.24, 2.45) is 0 Å². The average molecular weight is 403 g/mol.